The molecule has 1 aromatic rings. The third-order valence-corrected chi connectivity index (χ3v) is 5.73. The molecule has 4 nitrogen and oxygen atoms in total. The zero-order valence-corrected chi connectivity index (χ0v) is 18.7. The number of carbonyl (C=O) groups excluding carboxylic acids is 1. The van der Waals surface area contributed by atoms with E-state index < -0.39 is 0 Å². The Bertz CT molecular complexity index is 556. The van der Waals surface area contributed by atoms with E-state index in [1.807, 2.05) is 5.38 Å². The number of aldehydes is 1. The van der Waals surface area contributed by atoms with Crippen LogP contribution in [0.2, 0.25) is 0 Å². The molecule has 0 aliphatic carbocycles. The van der Waals surface area contributed by atoms with Crippen LogP contribution in [-0.2, 0) is 4.74 Å². The summed E-state index contributed by atoms with van der Waals surface area (Å²) in [5, 5.41) is 2.73. The van der Waals surface area contributed by atoms with Gasteiger partial charge >= 0.3 is 0 Å². The number of unbranched alkanes of at least 4 members (excludes halogenated alkanes) is 1. The first-order chi connectivity index (χ1) is 13.0. The van der Waals surface area contributed by atoms with Crippen LogP contribution in [0.3, 0.4) is 0 Å². The number of ether oxygens (including phenoxy) is 1. The van der Waals surface area contributed by atoms with Crippen molar-refractivity contribution in [3.63, 3.8) is 0 Å². The van der Waals surface area contributed by atoms with Gasteiger partial charge in [0.1, 0.15) is 16.8 Å². The van der Waals surface area contributed by atoms with E-state index >= 15 is 0 Å². The van der Waals surface area contributed by atoms with Crippen molar-refractivity contribution in [3.05, 3.63) is 28.4 Å². The van der Waals surface area contributed by atoms with Gasteiger partial charge in [-0.15, -0.1) is 11.3 Å². The number of carbonyl (C=O) groups is 1. The van der Waals surface area contributed by atoms with Crippen molar-refractivity contribution in [3.8, 4) is 0 Å². The first-order valence-corrected chi connectivity index (χ1v) is 11.3. The summed E-state index contributed by atoms with van der Waals surface area (Å²) in [4.78, 5) is 18.0. The number of rotatable bonds is 15. The summed E-state index contributed by atoms with van der Waals surface area (Å²) in [5.74, 6) is 0.480. The largest absolute Gasteiger partial charge is 0.372 e. The Kier molecular flexibility index (Phi) is 11.5. The van der Waals surface area contributed by atoms with E-state index in [-0.39, 0.29) is 6.10 Å². The van der Waals surface area contributed by atoms with Crippen molar-refractivity contribution < 1.29 is 9.53 Å². The number of allylic oxidation sites excluding steroid dienone is 1. The van der Waals surface area contributed by atoms with E-state index in [2.05, 4.69) is 51.1 Å². The SMILES string of the molecule is C=C(CCCC)N(CCC)C(CC(OCCC)c1nc(C=O)cs1)C(C)C. The Morgan fingerprint density at radius 3 is 2.56 bits per heavy atom. The Morgan fingerprint density at radius 2 is 2.04 bits per heavy atom. The lowest BCUT2D eigenvalue weighted by atomic mass is 9.94. The summed E-state index contributed by atoms with van der Waals surface area (Å²) in [7, 11) is 0. The van der Waals surface area contributed by atoms with Crippen LogP contribution in [0.15, 0.2) is 17.7 Å². The van der Waals surface area contributed by atoms with E-state index in [9.17, 15) is 4.79 Å². The number of hydrogen-bond donors (Lipinski definition) is 0. The molecule has 0 aliphatic heterocycles. The fraction of sp³-hybridized carbons (Fsp3) is 0.727. The smallest absolute Gasteiger partial charge is 0.169 e. The maximum absolute atomic E-state index is 11.1. The highest BCUT2D eigenvalue weighted by atomic mass is 32.1. The lowest BCUT2D eigenvalue weighted by molar-refractivity contribution is 0.0196. The summed E-state index contributed by atoms with van der Waals surface area (Å²) in [5.41, 5.74) is 1.73. The van der Waals surface area contributed by atoms with Gasteiger partial charge in [-0.3, -0.25) is 4.79 Å². The zero-order chi connectivity index (χ0) is 20.2. The number of hydrogen-bond acceptors (Lipinski definition) is 5. The molecule has 1 aromatic heterocycles. The molecule has 5 heteroatoms. The lowest BCUT2D eigenvalue weighted by Crippen LogP contribution is -2.40. The van der Waals surface area contributed by atoms with Crippen LogP contribution in [0.5, 0.6) is 0 Å². The predicted octanol–water partition coefficient (Wildman–Crippen LogP) is 6.25. The molecule has 1 rings (SSSR count). The molecule has 0 fully saturated rings. The van der Waals surface area contributed by atoms with Crippen molar-refractivity contribution in [1.82, 2.24) is 9.88 Å². The molecular weight excluding hydrogens is 356 g/mol. The highest BCUT2D eigenvalue weighted by Crippen LogP contribution is 2.32. The van der Waals surface area contributed by atoms with Crippen molar-refractivity contribution >= 4 is 17.6 Å². The minimum atomic E-state index is -0.0746. The second-order valence-corrected chi connectivity index (χ2v) is 8.39. The van der Waals surface area contributed by atoms with Gasteiger partial charge in [-0.1, -0.05) is 47.6 Å². The van der Waals surface area contributed by atoms with E-state index in [4.69, 9.17) is 4.74 Å². The zero-order valence-electron chi connectivity index (χ0n) is 17.9. The molecule has 0 aromatic carbocycles. The summed E-state index contributed by atoms with van der Waals surface area (Å²) in [6.45, 7) is 17.2. The van der Waals surface area contributed by atoms with Gasteiger partial charge in [0.25, 0.3) is 0 Å². The van der Waals surface area contributed by atoms with E-state index in [0.717, 1.165) is 43.5 Å². The molecule has 0 radical (unpaired) electrons. The van der Waals surface area contributed by atoms with Gasteiger partial charge in [0.05, 0.1) is 0 Å². The Morgan fingerprint density at radius 1 is 1.30 bits per heavy atom. The Balaban J connectivity index is 3.04. The second-order valence-electron chi connectivity index (χ2n) is 7.50. The quantitative estimate of drug-likeness (QED) is 0.330. The van der Waals surface area contributed by atoms with Crippen LogP contribution in [0.1, 0.15) is 94.7 Å². The average Bonchev–Trinajstić information content (AvgIpc) is 3.13. The van der Waals surface area contributed by atoms with Gasteiger partial charge in [0.15, 0.2) is 6.29 Å². The van der Waals surface area contributed by atoms with Crippen LogP contribution in [0.25, 0.3) is 0 Å². The Hall–Kier alpha value is -1.20. The van der Waals surface area contributed by atoms with Gasteiger partial charge in [-0.2, -0.15) is 0 Å². The maximum Gasteiger partial charge on any atom is 0.169 e. The summed E-state index contributed by atoms with van der Waals surface area (Å²) < 4.78 is 6.18. The van der Waals surface area contributed by atoms with Crippen LogP contribution >= 0.6 is 11.3 Å². The fourth-order valence-corrected chi connectivity index (χ4v) is 4.13. The number of nitrogens with zero attached hydrogens (tertiary/aromatic N) is 2. The lowest BCUT2D eigenvalue weighted by Gasteiger charge is -2.39. The summed E-state index contributed by atoms with van der Waals surface area (Å²) in [6, 6.07) is 0.347. The molecule has 0 N–H and O–H groups in total. The molecular formula is C22H38N2O2S. The van der Waals surface area contributed by atoms with Gasteiger partial charge < -0.3 is 9.64 Å². The van der Waals surface area contributed by atoms with Crippen molar-refractivity contribution in [2.24, 2.45) is 5.92 Å². The van der Waals surface area contributed by atoms with Crippen LogP contribution in [0.4, 0.5) is 0 Å². The Labute approximate surface area is 170 Å². The van der Waals surface area contributed by atoms with Gasteiger partial charge in [-0.25, -0.2) is 4.98 Å². The molecule has 0 saturated heterocycles. The van der Waals surface area contributed by atoms with Gasteiger partial charge in [0, 0.05) is 36.7 Å². The average molecular weight is 395 g/mol. The summed E-state index contributed by atoms with van der Waals surface area (Å²) in [6.07, 6.45) is 7.08. The van der Waals surface area contributed by atoms with E-state index in [1.54, 1.807) is 0 Å². The maximum atomic E-state index is 11.1. The minimum absolute atomic E-state index is 0.0746. The first-order valence-electron chi connectivity index (χ1n) is 10.4. The predicted molar refractivity (Wildman–Crippen MR) is 115 cm³/mol. The third kappa shape index (κ3) is 7.74. The highest BCUT2D eigenvalue weighted by Gasteiger charge is 2.28. The second kappa shape index (κ2) is 13.1. The monoisotopic (exact) mass is 394 g/mol. The fourth-order valence-electron chi connectivity index (χ4n) is 3.31. The topological polar surface area (TPSA) is 42.4 Å². The van der Waals surface area contributed by atoms with Crippen LogP contribution in [-0.4, -0.2) is 35.4 Å². The van der Waals surface area contributed by atoms with Gasteiger partial charge in [0.2, 0.25) is 0 Å². The van der Waals surface area contributed by atoms with Gasteiger partial charge in [-0.05, 0) is 31.6 Å². The number of thiazole rings is 1. The van der Waals surface area contributed by atoms with Crippen molar-refractivity contribution in [2.75, 3.05) is 13.2 Å². The molecule has 2 atom stereocenters. The molecule has 2 unspecified atom stereocenters. The van der Waals surface area contributed by atoms with Crippen LogP contribution < -0.4 is 0 Å². The third-order valence-electron chi connectivity index (χ3n) is 4.77. The first kappa shape index (κ1) is 23.8. The van der Waals surface area contributed by atoms with E-state index in [0.29, 0.717) is 24.3 Å². The molecule has 0 amide bonds. The minimum Gasteiger partial charge on any atom is -0.372 e. The van der Waals surface area contributed by atoms with Crippen molar-refractivity contribution in [2.45, 2.75) is 85.3 Å². The summed E-state index contributed by atoms with van der Waals surface area (Å²) >= 11 is 1.53. The number of aromatic nitrogens is 1. The van der Waals surface area contributed by atoms with Crippen LogP contribution in [0, 0.1) is 5.92 Å². The molecule has 1 heterocycles. The molecule has 0 bridgehead atoms. The normalized spacial score (nSPS) is 13.6. The highest BCUT2D eigenvalue weighted by molar-refractivity contribution is 7.09. The molecule has 0 spiro atoms. The molecule has 0 aliphatic rings. The molecule has 154 valence electrons. The van der Waals surface area contributed by atoms with E-state index in [1.165, 1.54) is 29.9 Å². The standard InChI is InChI=1S/C22H38N2O2S/c1-7-10-11-18(6)24(12-8-2)20(17(4)5)14-21(26-13-9-3)22-23-19(15-25)16-27-22/h15-17,20-21H,6-14H2,1-5H3. The molecule has 27 heavy (non-hydrogen) atoms. The molecule has 0 saturated carbocycles. The van der Waals surface area contributed by atoms with Crippen molar-refractivity contribution in [1.29, 1.82) is 0 Å².